The van der Waals surface area contributed by atoms with Crippen molar-refractivity contribution in [1.29, 1.82) is 0 Å². The van der Waals surface area contributed by atoms with Gasteiger partial charge in [-0.1, -0.05) is 0 Å². The van der Waals surface area contributed by atoms with Gasteiger partial charge in [0, 0.05) is 18.2 Å². The highest BCUT2D eigenvalue weighted by molar-refractivity contribution is 5.99. The van der Waals surface area contributed by atoms with Crippen molar-refractivity contribution in [3.63, 3.8) is 0 Å². The van der Waals surface area contributed by atoms with E-state index >= 15 is 0 Å². The summed E-state index contributed by atoms with van der Waals surface area (Å²) in [6.45, 7) is 1.66. The summed E-state index contributed by atoms with van der Waals surface area (Å²) in [5.74, 6) is -1.43. The molecule has 2 aromatic rings. The number of nitro groups is 1. The van der Waals surface area contributed by atoms with Crippen LogP contribution in [0.5, 0.6) is 0 Å². The van der Waals surface area contributed by atoms with Crippen LogP contribution >= 0.6 is 0 Å². The molecule has 0 atom stereocenters. The van der Waals surface area contributed by atoms with Crippen LogP contribution in [-0.2, 0) is 0 Å². The fraction of sp³-hybridized carbons (Fsp3) is 0.0714. The third-order valence-corrected chi connectivity index (χ3v) is 2.77. The maximum atomic E-state index is 13.4. The normalized spacial score (nSPS) is 11.3. The van der Waals surface area contributed by atoms with Crippen molar-refractivity contribution in [3.05, 3.63) is 69.8 Å². The second-order valence-corrected chi connectivity index (χ2v) is 4.24. The van der Waals surface area contributed by atoms with Crippen molar-refractivity contribution in [2.75, 3.05) is 5.43 Å². The van der Waals surface area contributed by atoms with E-state index < -0.39 is 16.6 Å². The van der Waals surface area contributed by atoms with Crippen molar-refractivity contribution in [2.24, 2.45) is 5.10 Å². The smallest absolute Gasteiger partial charge is 0.269 e. The number of anilines is 1. The Labute approximate surface area is 119 Å². The summed E-state index contributed by atoms with van der Waals surface area (Å²) in [4.78, 5) is 10.1. The fourth-order valence-electron chi connectivity index (χ4n) is 1.61. The van der Waals surface area contributed by atoms with Gasteiger partial charge < -0.3 is 0 Å². The molecule has 1 N–H and O–H groups in total. The molecule has 0 aromatic heterocycles. The molecule has 0 saturated heterocycles. The molecule has 0 saturated carbocycles. The summed E-state index contributed by atoms with van der Waals surface area (Å²) >= 11 is 0. The van der Waals surface area contributed by atoms with Crippen molar-refractivity contribution in [1.82, 2.24) is 0 Å². The summed E-state index contributed by atoms with van der Waals surface area (Å²) in [7, 11) is 0. The minimum absolute atomic E-state index is 0.0240. The molecule has 0 aliphatic carbocycles. The Kier molecular flexibility index (Phi) is 4.22. The van der Waals surface area contributed by atoms with E-state index in [9.17, 15) is 18.9 Å². The summed E-state index contributed by atoms with van der Waals surface area (Å²) in [5.41, 5.74) is 3.66. The second-order valence-electron chi connectivity index (χ2n) is 4.24. The van der Waals surface area contributed by atoms with E-state index in [1.165, 1.54) is 18.2 Å². The van der Waals surface area contributed by atoms with Gasteiger partial charge in [-0.15, -0.1) is 0 Å². The van der Waals surface area contributed by atoms with E-state index in [0.717, 1.165) is 12.1 Å². The highest BCUT2D eigenvalue weighted by Crippen LogP contribution is 2.16. The number of hydrogen-bond donors (Lipinski definition) is 1. The first-order valence-corrected chi connectivity index (χ1v) is 5.97. The Morgan fingerprint density at radius 2 is 1.86 bits per heavy atom. The minimum atomic E-state index is -0.754. The molecule has 0 heterocycles. The first-order valence-electron chi connectivity index (χ1n) is 5.97. The number of halogens is 2. The van der Waals surface area contributed by atoms with Gasteiger partial charge in [-0.3, -0.25) is 15.5 Å². The van der Waals surface area contributed by atoms with E-state index in [2.05, 4.69) is 10.5 Å². The average molecular weight is 291 g/mol. The van der Waals surface area contributed by atoms with Gasteiger partial charge in [0.15, 0.2) is 5.82 Å². The summed E-state index contributed by atoms with van der Waals surface area (Å²) in [6.07, 6.45) is 0. The van der Waals surface area contributed by atoms with E-state index in [0.29, 0.717) is 11.3 Å². The number of hydrogen-bond acceptors (Lipinski definition) is 4. The number of nitrogens with one attached hydrogen (secondary N) is 1. The minimum Gasteiger partial charge on any atom is -0.275 e. The van der Waals surface area contributed by atoms with E-state index in [1.807, 2.05) is 0 Å². The fourth-order valence-corrected chi connectivity index (χ4v) is 1.61. The molecule has 2 rings (SSSR count). The molecule has 0 radical (unpaired) electrons. The van der Waals surface area contributed by atoms with Crippen LogP contribution < -0.4 is 5.43 Å². The number of non-ortho nitro benzene ring substituents is 1. The zero-order valence-corrected chi connectivity index (χ0v) is 11.0. The van der Waals surface area contributed by atoms with Crippen molar-refractivity contribution < 1.29 is 13.7 Å². The molecule has 2 aromatic carbocycles. The van der Waals surface area contributed by atoms with Gasteiger partial charge in [-0.05, 0) is 36.8 Å². The zero-order valence-electron chi connectivity index (χ0n) is 11.0. The highest BCUT2D eigenvalue weighted by Gasteiger charge is 2.06. The van der Waals surface area contributed by atoms with Crippen LogP contribution in [-0.4, -0.2) is 10.6 Å². The number of nitrogens with zero attached hydrogens (tertiary/aromatic N) is 2. The van der Waals surface area contributed by atoms with Crippen LogP contribution in [0.25, 0.3) is 0 Å². The molecule has 108 valence electrons. The third kappa shape index (κ3) is 3.59. The highest BCUT2D eigenvalue weighted by atomic mass is 19.1. The standard InChI is InChI=1S/C14H11F2N3O2/c1-9(10-2-5-12(6-3-10)19(20)21)17-18-14-7-4-11(15)8-13(14)16/h2-8,18H,1H3/b17-9-. The summed E-state index contributed by atoms with van der Waals surface area (Å²) in [6, 6.07) is 8.89. The van der Waals surface area contributed by atoms with Crippen LogP contribution in [0, 0.1) is 21.7 Å². The van der Waals surface area contributed by atoms with Gasteiger partial charge in [-0.25, -0.2) is 8.78 Å². The molecular formula is C14H11F2N3O2. The van der Waals surface area contributed by atoms with Crippen LogP contribution in [0.3, 0.4) is 0 Å². The molecule has 21 heavy (non-hydrogen) atoms. The molecule has 0 bridgehead atoms. The lowest BCUT2D eigenvalue weighted by atomic mass is 10.1. The largest absolute Gasteiger partial charge is 0.275 e. The van der Waals surface area contributed by atoms with Gasteiger partial charge in [0.05, 0.1) is 16.3 Å². The lowest BCUT2D eigenvalue weighted by Gasteiger charge is -2.05. The van der Waals surface area contributed by atoms with Gasteiger partial charge >= 0.3 is 0 Å². The van der Waals surface area contributed by atoms with Gasteiger partial charge in [-0.2, -0.15) is 5.10 Å². The van der Waals surface area contributed by atoms with Gasteiger partial charge in [0.2, 0.25) is 0 Å². The second kappa shape index (κ2) is 6.08. The number of nitro benzene ring substituents is 1. The Morgan fingerprint density at radius 1 is 1.19 bits per heavy atom. The molecule has 0 aliphatic rings. The number of hydrazone groups is 1. The summed E-state index contributed by atoms with van der Waals surface area (Å²) in [5, 5.41) is 14.5. The Balaban J connectivity index is 2.15. The van der Waals surface area contributed by atoms with E-state index in [1.54, 1.807) is 19.1 Å². The van der Waals surface area contributed by atoms with Crippen LogP contribution in [0.15, 0.2) is 47.6 Å². The topological polar surface area (TPSA) is 67.5 Å². The summed E-state index contributed by atoms with van der Waals surface area (Å²) < 4.78 is 26.2. The SMILES string of the molecule is C/C(=N/Nc1ccc(F)cc1F)c1ccc([N+](=O)[O-])cc1. The predicted molar refractivity (Wildman–Crippen MR) is 75.3 cm³/mol. The van der Waals surface area contributed by atoms with Gasteiger partial charge in [0.1, 0.15) is 5.82 Å². The first-order chi connectivity index (χ1) is 9.97. The molecule has 0 spiro atoms. The van der Waals surface area contributed by atoms with Crippen LogP contribution in [0.4, 0.5) is 20.2 Å². The van der Waals surface area contributed by atoms with Gasteiger partial charge in [0.25, 0.3) is 5.69 Å². The lowest BCUT2D eigenvalue weighted by Crippen LogP contribution is -2.01. The molecule has 0 unspecified atom stereocenters. The van der Waals surface area contributed by atoms with Crippen molar-refractivity contribution in [2.45, 2.75) is 6.92 Å². The molecule has 0 amide bonds. The molecule has 0 fully saturated rings. The molecule has 7 heteroatoms. The van der Waals surface area contributed by atoms with Crippen LogP contribution in [0.1, 0.15) is 12.5 Å². The molecule has 5 nitrogen and oxygen atoms in total. The quantitative estimate of drug-likeness (QED) is 0.530. The Bertz CT molecular complexity index is 700. The number of rotatable bonds is 4. The first kappa shape index (κ1) is 14.6. The number of benzene rings is 2. The zero-order chi connectivity index (χ0) is 15.4. The lowest BCUT2D eigenvalue weighted by molar-refractivity contribution is -0.384. The predicted octanol–water partition coefficient (Wildman–Crippen LogP) is 3.71. The van der Waals surface area contributed by atoms with Crippen molar-refractivity contribution in [3.8, 4) is 0 Å². The average Bonchev–Trinajstić information content (AvgIpc) is 2.46. The molecular weight excluding hydrogens is 280 g/mol. The van der Waals surface area contributed by atoms with E-state index in [-0.39, 0.29) is 11.4 Å². The van der Waals surface area contributed by atoms with Crippen LogP contribution in [0.2, 0.25) is 0 Å². The van der Waals surface area contributed by atoms with Crippen molar-refractivity contribution >= 4 is 17.1 Å². The molecule has 0 aliphatic heterocycles. The monoisotopic (exact) mass is 291 g/mol. The van der Waals surface area contributed by atoms with E-state index in [4.69, 9.17) is 0 Å². The Morgan fingerprint density at radius 3 is 2.43 bits per heavy atom. The Hall–Kier alpha value is -2.83. The third-order valence-electron chi connectivity index (χ3n) is 2.77. The maximum absolute atomic E-state index is 13.4. The maximum Gasteiger partial charge on any atom is 0.269 e.